The first-order chi connectivity index (χ1) is 9.78. The van der Waals surface area contributed by atoms with Crippen LogP contribution in [0.2, 0.25) is 0 Å². The maximum atomic E-state index is 12.0. The summed E-state index contributed by atoms with van der Waals surface area (Å²) in [6.07, 6.45) is -0.129. The number of β-amino-alcohol motifs (C(OH)–C–C–N with tert-alkyl or cyclic N) is 1. The first kappa shape index (κ1) is 15.7. The minimum absolute atomic E-state index is 0.0416. The van der Waals surface area contributed by atoms with E-state index in [9.17, 15) is 9.90 Å². The zero-order valence-electron chi connectivity index (χ0n) is 13.1. The Morgan fingerprint density at radius 2 is 1.90 bits per heavy atom. The molecular weight excluding hydrogens is 266 g/mol. The van der Waals surface area contributed by atoms with E-state index in [1.807, 2.05) is 18.2 Å². The summed E-state index contributed by atoms with van der Waals surface area (Å²) in [4.78, 5) is 12.0. The van der Waals surface area contributed by atoms with Crippen molar-refractivity contribution in [1.29, 1.82) is 0 Å². The van der Waals surface area contributed by atoms with Gasteiger partial charge in [-0.1, -0.05) is 18.2 Å². The molecule has 2 N–H and O–H groups in total. The van der Waals surface area contributed by atoms with Gasteiger partial charge in [0.25, 0.3) is 5.56 Å². The molecule has 0 aliphatic rings. The Morgan fingerprint density at radius 3 is 2.52 bits per heavy atom. The largest absolute Gasteiger partial charge is 0.391 e. The van der Waals surface area contributed by atoms with E-state index in [-0.39, 0.29) is 11.1 Å². The molecule has 1 unspecified atom stereocenters. The Hall–Kier alpha value is -1.72. The van der Waals surface area contributed by atoms with E-state index in [0.717, 1.165) is 11.1 Å². The van der Waals surface area contributed by atoms with Gasteiger partial charge in [-0.05, 0) is 26.8 Å². The first-order valence-corrected chi connectivity index (χ1v) is 7.16. The molecule has 0 fully saturated rings. The molecule has 0 saturated carbocycles. The molecule has 0 amide bonds. The van der Waals surface area contributed by atoms with E-state index in [1.165, 1.54) is 4.68 Å². The van der Waals surface area contributed by atoms with Crippen LogP contribution in [0.15, 0.2) is 29.1 Å². The molecule has 0 bridgehead atoms. The Balaban J connectivity index is 2.26. The molecule has 0 saturated heterocycles. The number of nitrogens with one attached hydrogen (secondary N) is 1. The monoisotopic (exact) mass is 289 g/mol. The molecule has 1 aromatic carbocycles. The average molecular weight is 289 g/mol. The zero-order valence-corrected chi connectivity index (χ0v) is 13.1. The van der Waals surface area contributed by atoms with Crippen LogP contribution in [0, 0.1) is 0 Å². The molecular formula is C16H23N3O2. The lowest BCUT2D eigenvalue weighted by atomic mass is 10.0. The zero-order chi connectivity index (χ0) is 15.6. The summed E-state index contributed by atoms with van der Waals surface area (Å²) in [5.41, 5.74) is 0.590. The third-order valence-corrected chi connectivity index (χ3v) is 3.33. The predicted octanol–water partition coefficient (Wildman–Crippen LogP) is 1.22. The Bertz CT molecular complexity index is 686. The lowest BCUT2D eigenvalue weighted by molar-refractivity contribution is 0.160. The number of aromatic nitrogens is 2. The van der Waals surface area contributed by atoms with E-state index in [1.54, 1.807) is 13.1 Å². The molecule has 2 rings (SSSR count). The Labute approximate surface area is 124 Å². The number of nitrogens with zero attached hydrogens (tertiary/aromatic N) is 2. The summed E-state index contributed by atoms with van der Waals surface area (Å²) in [6.45, 7) is 6.65. The summed E-state index contributed by atoms with van der Waals surface area (Å²) in [5, 5.41) is 19.2. The van der Waals surface area contributed by atoms with E-state index in [0.29, 0.717) is 18.4 Å². The van der Waals surface area contributed by atoms with Gasteiger partial charge in [-0.15, -0.1) is 0 Å². The summed E-state index contributed by atoms with van der Waals surface area (Å²) in [7, 11) is 1.64. The normalized spacial score (nSPS) is 13.6. The Morgan fingerprint density at radius 1 is 1.29 bits per heavy atom. The number of hydrogen-bond donors (Lipinski definition) is 2. The molecule has 0 aliphatic carbocycles. The van der Waals surface area contributed by atoms with Crippen LogP contribution in [0.4, 0.5) is 0 Å². The number of fused-ring (bicyclic) bond motifs is 1. The molecule has 0 radical (unpaired) electrons. The fourth-order valence-corrected chi connectivity index (χ4v) is 2.25. The van der Waals surface area contributed by atoms with E-state index < -0.39 is 6.10 Å². The van der Waals surface area contributed by atoms with Gasteiger partial charge in [0.1, 0.15) is 0 Å². The third kappa shape index (κ3) is 3.89. The topological polar surface area (TPSA) is 67.2 Å². The van der Waals surface area contributed by atoms with Crippen molar-refractivity contribution in [1.82, 2.24) is 15.1 Å². The van der Waals surface area contributed by atoms with E-state index >= 15 is 0 Å². The van der Waals surface area contributed by atoms with Crippen molar-refractivity contribution in [3.63, 3.8) is 0 Å². The minimum atomic E-state index is -0.544. The molecule has 5 nitrogen and oxygen atoms in total. The van der Waals surface area contributed by atoms with Crippen molar-refractivity contribution in [2.75, 3.05) is 6.54 Å². The van der Waals surface area contributed by atoms with Gasteiger partial charge in [0.2, 0.25) is 0 Å². The molecule has 1 atom stereocenters. The lowest BCUT2D eigenvalue weighted by Crippen LogP contribution is -2.41. The quantitative estimate of drug-likeness (QED) is 0.888. The van der Waals surface area contributed by atoms with E-state index in [2.05, 4.69) is 31.2 Å². The van der Waals surface area contributed by atoms with Crippen molar-refractivity contribution in [2.45, 2.75) is 38.8 Å². The summed E-state index contributed by atoms with van der Waals surface area (Å²) < 4.78 is 1.33. The van der Waals surface area contributed by atoms with E-state index in [4.69, 9.17) is 0 Å². The lowest BCUT2D eigenvalue weighted by Gasteiger charge is -2.23. The molecule has 1 aromatic heterocycles. The van der Waals surface area contributed by atoms with Gasteiger partial charge in [0.15, 0.2) is 0 Å². The van der Waals surface area contributed by atoms with Crippen molar-refractivity contribution in [2.24, 2.45) is 7.05 Å². The second-order valence-electron chi connectivity index (χ2n) is 6.41. The van der Waals surface area contributed by atoms with Crippen molar-refractivity contribution in [3.05, 3.63) is 40.3 Å². The van der Waals surface area contributed by atoms with Crippen molar-refractivity contribution < 1.29 is 5.11 Å². The highest BCUT2D eigenvalue weighted by atomic mass is 16.3. The van der Waals surface area contributed by atoms with Crippen LogP contribution in [0.5, 0.6) is 0 Å². The van der Waals surface area contributed by atoms with Crippen LogP contribution < -0.4 is 10.9 Å². The standard InChI is InChI=1S/C16H23N3O2/c1-16(2,3)17-10-11(20)9-14-12-7-5-6-8-13(12)15(21)19(4)18-14/h5-8,11,17,20H,9-10H2,1-4H3. The van der Waals surface area contributed by atoms with Gasteiger partial charge in [-0.2, -0.15) is 5.10 Å². The number of hydrogen-bond acceptors (Lipinski definition) is 4. The molecule has 2 aromatic rings. The van der Waals surface area contributed by atoms with Crippen LogP contribution in [-0.4, -0.2) is 33.1 Å². The average Bonchev–Trinajstić information content (AvgIpc) is 2.42. The second kappa shape index (κ2) is 5.95. The Kier molecular flexibility index (Phi) is 4.44. The number of aryl methyl sites for hydroxylation is 1. The van der Waals surface area contributed by atoms with Crippen LogP contribution >= 0.6 is 0 Å². The summed E-state index contributed by atoms with van der Waals surface area (Å²) in [6, 6.07) is 7.39. The van der Waals surface area contributed by atoms with Crippen molar-refractivity contribution >= 4 is 10.8 Å². The smallest absolute Gasteiger partial charge is 0.274 e. The molecule has 0 spiro atoms. The number of aliphatic hydroxyl groups excluding tert-OH is 1. The number of aliphatic hydroxyl groups is 1. The van der Waals surface area contributed by atoms with Crippen LogP contribution in [-0.2, 0) is 13.5 Å². The van der Waals surface area contributed by atoms with Gasteiger partial charge < -0.3 is 10.4 Å². The fraction of sp³-hybridized carbons (Fsp3) is 0.500. The molecule has 1 heterocycles. The summed E-state index contributed by atoms with van der Waals surface area (Å²) in [5.74, 6) is 0. The minimum Gasteiger partial charge on any atom is -0.391 e. The van der Waals surface area contributed by atoms with Gasteiger partial charge in [0, 0.05) is 30.9 Å². The maximum absolute atomic E-state index is 12.0. The third-order valence-electron chi connectivity index (χ3n) is 3.33. The van der Waals surface area contributed by atoms with Gasteiger partial charge in [-0.25, -0.2) is 4.68 Å². The molecule has 114 valence electrons. The van der Waals surface area contributed by atoms with Gasteiger partial charge >= 0.3 is 0 Å². The second-order valence-corrected chi connectivity index (χ2v) is 6.41. The van der Waals surface area contributed by atoms with Crippen LogP contribution in [0.1, 0.15) is 26.5 Å². The molecule has 5 heteroatoms. The fourth-order valence-electron chi connectivity index (χ4n) is 2.25. The number of rotatable bonds is 4. The number of benzene rings is 1. The first-order valence-electron chi connectivity index (χ1n) is 7.16. The highest BCUT2D eigenvalue weighted by Crippen LogP contribution is 2.14. The van der Waals surface area contributed by atoms with Crippen LogP contribution in [0.3, 0.4) is 0 Å². The molecule has 0 aliphatic heterocycles. The predicted molar refractivity (Wildman–Crippen MR) is 84.5 cm³/mol. The maximum Gasteiger partial charge on any atom is 0.274 e. The molecule has 21 heavy (non-hydrogen) atoms. The van der Waals surface area contributed by atoms with Crippen molar-refractivity contribution in [3.8, 4) is 0 Å². The summed E-state index contributed by atoms with van der Waals surface area (Å²) >= 11 is 0. The SMILES string of the molecule is Cn1nc(CC(O)CNC(C)(C)C)c2ccccc2c1=O. The van der Waals surface area contributed by atoms with Gasteiger partial charge in [-0.3, -0.25) is 4.79 Å². The highest BCUT2D eigenvalue weighted by molar-refractivity contribution is 5.83. The van der Waals surface area contributed by atoms with Crippen LogP contribution in [0.25, 0.3) is 10.8 Å². The van der Waals surface area contributed by atoms with Gasteiger partial charge in [0.05, 0.1) is 17.2 Å². The highest BCUT2D eigenvalue weighted by Gasteiger charge is 2.15.